The lowest BCUT2D eigenvalue weighted by molar-refractivity contribution is -0.139. The van der Waals surface area contributed by atoms with Gasteiger partial charge in [-0.1, -0.05) is 26.2 Å². The summed E-state index contributed by atoms with van der Waals surface area (Å²) < 4.78 is 0. The van der Waals surface area contributed by atoms with Gasteiger partial charge in [0.2, 0.25) is 0 Å². The van der Waals surface area contributed by atoms with E-state index in [1.165, 1.54) is 6.42 Å². The van der Waals surface area contributed by atoms with E-state index in [9.17, 15) is 9.59 Å². The van der Waals surface area contributed by atoms with Gasteiger partial charge in [0.25, 0.3) is 0 Å². The summed E-state index contributed by atoms with van der Waals surface area (Å²) in [5.74, 6) is 4.15. The van der Waals surface area contributed by atoms with Crippen LogP contribution in [0, 0.1) is 5.92 Å². The van der Waals surface area contributed by atoms with E-state index in [1.54, 1.807) is 0 Å². The molecule has 5 nitrogen and oxygen atoms in total. The van der Waals surface area contributed by atoms with Crippen LogP contribution in [0.1, 0.15) is 39.0 Å². The molecule has 0 radical (unpaired) electrons. The van der Waals surface area contributed by atoms with E-state index < -0.39 is 11.8 Å². The van der Waals surface area contributed by atoms with E-state index in [-0.39, 0.29) is 6.04 Å². The highest BCUT2D eigenvalue weighted by atomic mass is 16.2. The molecule has 1 rings (SSSR count). The molecule has 0 heterocycles. The lowest BCUT2D eigenvalue weighted by atomic mass is 9.84. The molecule has 1 aliphatic rings. The second-order valence-electron chi connectivity index (χ2n) is 4.08. The molecule has 0 aromatic heterocycles. The minimum atomic E-state index is -0.770. The molecule has 4 N–H and O–H groups in total. The Hall–Kier alpha value is -1.10. The smallest absolute Gasteiger partial charge is 0.323 e. The molecule has 1 aliphatic carbocycles. The van der Waals surface area contributed by atoms with E-state index in [0.717, 1.165) is 25.7 Å². The first-order valence-corrected chi connectivity index (χ1v) is 5.48. The maximum absolute atomic E-state index is 11.2. The van der Waals surface area contributed by atoms with E-state index in [1.807, 2.05) is 5.43 Å². The predicted molar refractivity (Wildman–Crippen MR) is 56.5 cm³/mol. The zero-order valence-corrected chi connectivity index (χ0v) is 9.08. The highest BCUT2D eigenvalue weighted by molar-refractivity contribution is 6.34. The van der Waals surface area contributed by atoms with Gasteiger partial charge >= 0.3 is 11.8 Å². The van der Waals surface area contributed by atoms with Gasteiger partial charge in [0.05, 0.1) is 0 Å². The number of amides is 2. The summed E-state index contributed by atoms with van der Waals surface area (Å²) in [5, 5.41) is 2.70. The van der Waals surface area contributed by atoms with Gasteiger partial charge in [-0.3, -0.25) is 15.0 Å². The molecule has 86 valence electrons. The Morgan fingerprint density at radius 2 is 2.07 bits per heavy atom. The molecule has 5 heteroatoms. The van der Waals surface area contributed by atoms with E-state index in [0.29, 0.717) is 5.92 Å². The summed E-state index contributed by atoms with van der Waals surface area (Å²) in [7, 11) is 0. The summed E-state index contributed by atoms with van der Waals surface area (Å²) >= 11 is 0. The minimum Gasteiger partial charge on any atom is -0.345 e. The van der Waals surface area contributed by atoms with E-state index in [4.69, 9.17) is 5.84 Å². The van der Waals surface area contributed by atoms with Crippen molar-refractivity contribution in [3.05, 3.63) is 0 Å². The molecular formula is C10H19N3O2. The maximum Gasteiger partial charge on any atom is 0.323 e. The average Bonchev–Trinajstić information content (AvgIpc) is 2.28. The number of hydrogen-bond acceptors (Lipinski definition) is 3. The fraction of sp³-hybridized carbons (Fsp3) is 0.800. The van der Waals surface area contributed by atoms with Crippen molar-refractivity contribution in [1.29, 1.82) is 0 Å². The van der Waals surface area contributed by atoms with Gasteiger partial charge in [-0.15, -0.1) is 0 Å². The number of nitrogens with one attached hydrogen (secondary N) is 2. The number of nitrogens with two attached hydrogens (primary N) is 1. The maximum atomic E-state index is 11.2. The lowest BCUT2D eigenvalue weighted by Gasteiger charge is -2.28. The molecule has 2 amide bonds. The number of carbonyl (C=O) groups is 2. The fourth-order valence-electron chi connectivity index (χ4n) is 2.11. The first kappa shape index (κ1) is 12.0. The van der Waals surface area contributed by atoms with Crippen LogP contribution < -0.4 is 16.6 Å². The van der Waals surface area contributed by atoms with Crippen LogP contribution in [0.3, 0.4) is 0 Å². The largest absolute Gasteiger partial charge is 0.345 e. The summed E-state index contributed by atoms with van der Waals surface area (Å²) in [4.78, 5) is 22.1. The standard InChI is InChI=1S/C10H19N3O2/c1-2-7-4-3-5-8(6-7)12-9(14)10(15)13-11/h7-8H,2-6,11H2,1H3,(H,12,14)(H,13,15). The third-order valence-electron chi connectivity index (χ3n) is 3.03. The fourth-order valence-corrected chi connectivity index (χ4v) is 2.11. The van der Waals surface area contributed by atoms with Gasteiger partial charge < -0.3 is 5.32 Å². The third kappa shape index (κ3) is 3.51. The minimum absolute atomic E-state index is 0.133. The van der Waals surface area contributed by atoms with Crippen LogP contribution in [0.2, 0.25) is 0 Å². The molecule has 0 saturated heterocycles. The van der Waals surface area contributed by atoms with Crippen molar-refractivity contribution in [2.24, 2.45) is 11.8 Å². The van der Waals surface area contributed by atoms with Gasteiger partial charge in [-0.25, -0.2) is 5.84 Å². The normalized spacial score (nSPS) is 25.7. The molecule has 0 aromatic rings. The van der Waals surface area contributed by atoms with Gasteiger partial charge in [0.1, 0.15) is 0 Å². The van der Waals surface area contributed by atoms with Gasteiger partial charge in [-0.05, 0) is 18.8 Å². The molecular weight excluding hydrogens is 194 g/mol. The number of rotatable bonds is 2. The highest BCUT2D eigenvalue weighted by Crippen LogP contribution is 2.26. The van der Waals surface area contributed by atoms with Gasteiger partial charge in [0.15, 0.2) is 0 Å². The molecule has 2 atom stereocenters. The van der Waals surface area contributed by atoms with Crippen LogP contribution in [0.5, 0.6) is 0 Å². The predicted octanol–water partition coefficient (Wildman–Crippen LogP) is 0.0613. The molecule has 1 fully saturated rings. The van der Waals surface area contributed by atoms with Crippen LogP contribution in [0.25, 0.3) is 0 Å². The van der Waals surface area contributed by atoms with Crippen molar-refractivity contribution in [2.75, 3.05) is 0 Å². The monoisotopic (exact) mass is 213 g/mol. The zero-order valence-electron chi connectivity index (χ0n) is 9.08. The Labute approximate surface area is 89.8 Å². The Kier molecular flexibility index (Phi) is 4.55. The topological polar surface area (TPSA) is 84.2 Å². The Morgan fingerprint density at radius 1 is 1.33 bits per heavy atom. The number of hydrazine groups is 1. The molecule has 2 unspecified atom stereocenters. The highest BCUT2D eigenvalue weighted by Gasteiger charge is 2.23. The zero-order chi connectivity index (χ0) is 11.3. The van der Waals surface area contributed by atoms with Crippen LogP contribution in [0.4, 0.5) is 0 Å². The van der Waals surface area contributed by atoms with Crippen LogP contribution in [-0.2, 0) is 9.59 Å². The molecule has 0 aromatic carbocycles. The summed E-state index contributed by atoms with van der Waals surface area (Å²) in [6.45, 7) is 2.15. The second kappa shape index (κ2) is 5.70. The lowest BCUT2D eigenvalue weighted by Crippen LogP contribution is -2.47. The SMILES string of the molecule is CCC1CCCC(NC(=O)C(=O)NN)C1. The van der Waals surface area contributed by atoms with Crippen molar-refractivity contribution in [2.45, 2.75) is 45.1 Å². The van der Waals surface area contributed by atoms with Gasteiger partial charge in [-0.2, -0.15) is 0 Å². The Morgan fingerprint density at radius 3 is 2.67 bits per heavy atom. The first-order chi connectivity index (χ1) is 7.17. The van der Waals surface area contributed by atoms with Crippen molar-refractivity contribution in [3.63, 3.8) is 0 Å². The number of hydrogen-bond donors (Lipinski definition) is 3. The van der Waals surface area contributed by atoms with Crippen LogP contribution >= 0.6 is 0 Å². The first-order valence-electron chi connectivity index (χ1n) is 5.48. The van der Waals surface area contributed by atoms with Crippen LogP contribution in [-0.4, -0.2) is 17.9 Å². The van der Waals surface area contributed by atoms with Gasteiger partial charge in [0, 0.05) is 6.04 Å². The number of carbonyl (C=O) groups excluding carboxylic acids is 2. The Balaban J connectivity index is 2.37. The molecule has 15 heavy (non-hydrogen) atoms. The summed E-state index contributed by atoms with van der Waals surface area (Å²) in [6, 6.07) is 0.133. The van der Waals surface area contributed by atoms with E-state index >= 15 is 0 Å². The average molecular weight is 213 g/mol. The third-order valence-corrected chi connectivity index (χ3v) is 3.03. The summed E-state index contributed by atoms with van der Waals surface area (Å²) in [5.41, 5.74) is 1.83. The van der Waals surface area contributed by atoms with Crippen molar-refractivity contribution in [1.82, 2.24) is 10.7 Å². The molecule has 0 spiro atoms. The molecule has 0 bridgehead atoms. The summed E-state index contributed by atoms with van der Waals surface area (Å²) in [6.07, 6.45) is 5.41. The molecule has 0 aliphatic heterocycles. The van der Waals surface area contributed by atoms with E-state index in [2.05, 4.69) is 12.2 Å². The van der Waals surface area contributed by atoms with Crippen LogP contribution in [0.15, 0.2) is 0 Å². The quantitative estimate of drug-likeness (QED) is 0.262. The van der Waals surface area contributed by atoms with Crippen molar-refractivity contribution >= 4 is 11.8 Å². The Bertz CT molecular complexity index is 243. The van der Waals surface area contributed by atoms with Crippen molar-refractivity contribution < 1.29 is 9.59 Å². The van der Waals surface area contributed by atoms with Crippen molar-refractivity contribution in [3.8, 4) is 0 Å². The molecule has 1 saturated carbocycles. The second-order valence-corrected chi connectivity index (χ2v) is 4.08.